The summed E-state index contributed by atoms with van der Waals surface area (Å²) in [5.41, 5.74) is 4.38. The fourth-order valence-electron chi connectivity index (χ4n) is 3.30. The normalized spacial score (nSPS) is 11.8. The molecule has 1 N–H and O–H groups in total. The minimum atomic E-state index is -0.160. The van der Waals surface area contributed by atoms with E-state index in [1.165, 1.54) is 11.1 Å². The van der Waals surface area contributed by atoms with E-state index < -0.39 is 0 Å². The van der Waals surface area contributed by atoms with Gasteiger partial charge in [-0.15, -0.1) is 0 Å². The van der Waals surface area contributed by atoms with E-state index in [-0.39, 0.29) is 11.9 Å². The van der Waals surface area contributed by atoms with Crippen molar-refractivity contribution in [3.05, 3.63) is 65.2 Å². The quantitative estimate of drug-likeness (QED) is 0.515. The zero-order valence-corrected chi connectivity index (χ0v) is 18.8. The summed E-state index contributed by atoms with van der Waals surface area (Å²) in [7, 11) is 1.60. The maximum atomic E-state index is 12.4. The summed E-state index contributed by atoms with van der Waals surface area (Å²) in [5, 5.41) is 3.02. The van der Waals surface area contributed by atoms with Crippen molar-refractivity contribution in [2.45, 2.75) is 46.6 Å². The monoisotopic (exact) mass is 422 g/mol. The number of hydrogen-bond acceptors (Lipinski definition) is 5. The van der Waals surface area contributed by atoms with Crippen LogP contribution in [0.25, 0.3) is 11.3 Å². The average Bonchev–Trinajstić information content (AvgIpc) is 3.23. The SMILES string of the molecule is CCOc1ccc(C(C)NC(=O)CCc2ncc(-c3ccc(C)c(C)c3)o2)cc1OC. The van der Waals surface area contributed by atoms with Crippen LogP contribution in [0.3, 0.4) is 0 Å². The fourth-order valence-corrected chi connectivity index (χ4v) is 3.30. The van der Waals surface area contributed by atoms with Crippen LogP contribution in [0.15, 0.2) is 47.0 Å². The molecule has 0 radical (unpaired) electrons. The third-order valence-corrected chi connectivity index (χ3v) is 5.28. The summed E-state index contributed by atoms with van der Waals surface area (Å²) in [5.74, 6) is 2.55. The highest BCUT2D eigenvalue weighted by Gasteiger charge is 2.14. The van der Waals surface area contributed by atoms with E-state index in [1.54, 1.807) is 13.3 Å². The molecule has 3 rings (SSSR count). The van der Waals surface area contributed by atoms with E-state index in [9.17, 15) is 4.79 Å². The number of methoxy groups -OCH3 is 1. The molecule has 1 amide bonds. The van der Waals surface area contributed by atoms with Crippen molar-refractivity contribution >= 4 is 5.91 Å². The summed E-state index contributed by atoms with van der Waals surface area (Å²) < 4.78 is 16.8. The number of ether oxygens (including phenoxy) is 2. The number of nitrogens with zero attached hydrogens (tertiary/aromatic N) is 1. The lowest BCUT2D eigenvalue weighted by atomic mass is 10.1. The minimum absolute atomic E-state index is 0.0636. The maximum absolute atomic E-state index is 12.4. The maximum Gasteiger partial charge on any atom is 0.220 e. The van der Waals surface area contributed by atoms with Crippen molar-refractivity contribution in [3.63, 3.8) is 0 Å². The molecular weight excluding hydrogens is 392 g/mol. The Kier molecular flexibility index (Phi) is 7.34. The van der Waals surface area contributed by atoms with Crippen LogP contribution in [-0.2, 0) is 11.2 Å². The van der Waals surface area contributed by atoms with Gasteiger partial charge in [0.25, 0.3) is 0 Å². The number of amides is 1. The Hall–Kier alpha value is -3.28. The number of aryl methyl sites for hydroxylation is 3. The van der Waals surface area contributed by atoms with Gasteiger partial charge < -0.3 is 19.2 Å². The van der Waals surface area contributed by atoms with Crippen LogP contribution < -0.4 is 14.8 Å². The Bertz CT molecular complexity index is 1040. The van der Waals surface area contributed by atoms with Crippen LogP contribution in [0, 0.1) is 13.8 Å². The highest BCUT2D eigenvalue weighted by molar-refractivity contribution is 5.76. The van der Waals surface area contributed by atoms with Gasteiger partial charge >= 0.3 is 0 Å². The molecule has 0 aliphatic rings. The van der Waals surface area contributed by atoms with E-state index in [4.69, 9.17) is 13.9 Å². The second-order valence-corrected chi connectivity index (χ2v) is 7.55. The summed E-state index contributed by atoms with van der Waals surface area (Å²) >= 11 is 0. The first kappa shape index (κ1) is 22.4. The molecule has 1 unspecified atom stereocenters. The fraction of sp³-hybridized carbons (Fsp3) is 0.360. The zero-order chi connectivity index (χ0) is 22.4. The highest BCUT2D eigenvalue weighted by Crippen LogP contribution is 2.30. The molecule has 0 spiro atoms. The number of benzene rings is 2. The lowest BCUT2D eigenvalue weighted by Crippen LogP contribution is -2.26. The van der Waals surface area contributed by atoms with Gasteiger partial charge in [-0.05, 0) is 62.6 Å². The number of rotatable bonds is 9. The topological polar surface area (TPSA) is 73.6 Å². The van der Waals surface area contributed by atoms with Gasteiger partial charge in [0.15, 0.2) is 23.1 Å². The highest BCUT2D eigenvalue weighted by atomic mass is 16.5. The lowest BCUT2D eigenvalue weighted by Gasteiger charge is -2.17. The summed E-state index contributed by atoms with van der Waals surface area (Å²) in [6.07, 6.45) is 2.45. The molecule has 1 heterocycles. The molecule has 0 saturated carbocycles. The van der Waals surface area contributed by atoms with Gasteiger partial charge in [0, 0.05) is 18.4 Å². The first-order chi connectivity index (χ1) is 14.9. The molecule has 164 valence electrons. The summed E-state index contributed by atoms with van der Waals surface area (Å²) in [4.78, 5) is 16.8. The smallest absolute Gasteiger partial charge is 0.220 e. The molecule has 3 aromatic rings. The molecule has 6 nitrogen and oxygen atoms in total. The van der Waals surface area contributed by atoms with E-state index in [0.717, 1.165) is 11.1 Å². The molecular formula is C25H30N2O4. The Morgan fingerprint density at radius 2 is 1.94 bits per heavy atom. The van der Waals surface area contributed by atoms with E-state index in [1.807, 2.05) is 38.1 Å². The number of aromatic nitrogens is 1. The molecule has 0 saturated heterocycles. The lowest BCUT2D eigenvalue weighted by molar-refractivity contribution is -0.121. The number of hydrogen-bond donors (Lipinski definition) is 1. The van der Waals surface area contributed by atoms with Crippen LogP contribution in [0.5, 0.6) is 11.5 Å². The van der Waals surface area contributed by atoms with Crippen LogP contribution >= 0.6 is 0 Å². The Labute approximate surface area is 183 Å². The molecule has 1 aromatic heterocycles. The third kappa shape index (κ3) is 5.66. The minimum Gasteiger partial charge on any atom is -0.493 e. The van der Waals surface area contributed by atoms with Crippen molar-refractivity contribution < 1.29 is 18.7 Å². The van der Waals surface area contributed by atoms with Crippen LogP contribution in [0.2, 0.25) is 0 Å². The van der Waals surface area contributed by atoms with Crippen molar-refractivity contribution in [1.82, 2.24) is 10.3 Å². The molecule has 0 aliphatic carbocycles. The van der Waals surface area contributed by atoms with Gasteiger partial charge in [0.1, 0.15) is 0 Å². The predicted octanol–water partition coefficient (Wildman–Crippen LogP) is 5.18. The molecule has 1 atom stereocenters. The van der Waals surface area contributed by atoms with Crippen LogP contribution in [0.4, 0.5) is 0 Å². The molecule has 6 heteroatoms. The standard InChI is InChI=1S/C25H30N2O4/c1-6-30-21-10-9-19(14-22(21)29-5)18(4)27-24(28)11-12-25-26-15-23(31-25)20-8-7-16(2)17(3)13-20/h7-10,13-15,18H,6,11-12H2,1-5H3,(H,27,28). The number of nitrogens with one attached hydrogen (secondary N) is 1. The number of carbonyl (C=O) groups is 1. The Morgan fingerprint density at radius 1 is 1.13 bits per heavy atom. The predicted molar refractivity (Wildman–Crippen MR) is 120 cm³/mol. The molecule has 31 heavy (non-hydrogen) atoms. The van der Waals surface area contributed by atoms with Gasteiger partial charge in [-0.2, -0.15) is 0 Å². The van der Waals surface area contributed by atoms with E-state index >= 15 is 0 Å². The van der Waals surface area contributed by atoms with Crippen LogP contribution in [0.1, 0.15) is 48.9 Å². The number of carbonyl (C=O) groups excluding carboxylic acids is 1. The van der Waals surface area contributed by atoms with Gasteiger partial charge in [0.05, 0.1) is 26.0 Å². The second-order valence-electron chi connectivity index (χ2n) is 7.55. The van der Waals surface area contributed by atoms with Gasteiger partial charge in [-0.25, -0.2) is 4.98 Å². The average molecular weight is 423 g/mol. The molecule has 0 bridgehead atoms. The zero-order valence-electron chi connectivity index (χ0n) is 18.8. The van der Waals surface area contributed by atoms with Crippen molar-refractivity contribution in [3.8, 4) is 22.8 Å². The third-order valence-electron chi connectivity index (χ3n) is 5.28. The van der Waals surface area contributed by atoms with Crippen molar-refractivity contribution in [1.29, 1.82) is 0 Å². The first-order valence-electron chi connectivity index (χ1n) is 10.5. The summed E-state index contributed by atoms with van der Waals surface area (Å²) in [6.45, 7) is 8.58. The summed E-state index contributed by atoms with van der Waals surface area (Å²) in [6, 6.07) is 11.7. The molecule has 0 aliphatic heterocycles. The Morgan fingerprint density at radius 3 is 2.65 bits per heavy atom. The van der Waals surface area contributed by atoms with Gasteiger partial charge in [-0.1, -0.05) is 18.2 Å². The van der Waals surface area contributed by atoms with E-state index in [0.29, 0.717) is 42.6 Å². The first-order valence-corrected chi connectivity index (χ1v) is 10.5. The molecule has 2 aromatic carbocycles. The number of oxazole rings is 1. The van der Waals surface area contributed by atoms with Crippen molar-refractivity contribution in [2.75, 3.05) is 13.7 Å². The second kappa shape index (κ2) is 10.2. The van der Waals surface area contributed by atoms with E-state index in [2.05, 4.69) is 36.3 Å². The Balaban J connectivity index is 1.56. The van der Waals surface area contributed by atoms with Gasteiger partial charge in [-0.3, -0.25) is 4.79 Å². The van der Waals surface area contributed by atoms with Gasteiger partial charge in [0.2, 0.25) is 5.91 Å². The van der Waals surface area contributed by atoms with Crippen LogP contribution in [-0.4, -0.2) is 24.6 Å². The molecule has 0 fully saturated rings. The largest absolute Gasteiger partial charge is 0.493 e. The van der Waals surface area contributed by atoms with Crippen molar-refractivity contribution in [2.24, 2.45) is 0 Å².